The zero-order valence-corrected chi connectivity index (χ0v) is 10.5. The summed E-state index contributed by atoms with van der Waals surface area (Å²) in [5.74, 6) is -2.23. The molecule has 0 heterocycles. The molecule has 1 rings (SSSR count). The molecule has 18 heavy (non-hydrogen) atoms. The van der Waals surface area contributed by atoms with Crippen molar-refractivity contribution in [2.75, 3.05) is 5.75 Å². The molecular weight excluding hydrogens is 265 g/mol. The molecule has 0 fully saturated rings. The number of aryl methyl sites for hydroxylation is 1. The number of benzene rings is 1. The molecule has 0 aliphatic carbocycles. The van der Waals surface area contributed by atoms with Crippen LogP contribution in [0.4, 0.5) is 13.2 Å². The smallest absolute Gasteiger partial charge is 0.441 e. The van der Waals surface area contributed by atoms with Gasteiger partial charge < -0.3 is 5.11 Å². The van der Waals surface area contributed by atoms with Gasteiger partial charge in [0.25, 0.3) is 0 Å². The van der Waals surface area contributed by atoms with Gasteiger partial charge in [0, 0.05) is 5.75 Å². The third-order valence-electron chi connectivity index (χ3n) is 2.53. The molecule has 0 saturated heterocycles. The van der Waals surface area contributed by atoms with Crippen molar-refractivity contribution in [1.29, 1.82) is 0 Å². The standard InChI is InChI=1S/C12H13F3O2S/c1-8-4-2-3-5-9(8)10(11(16)17)6-7-18-12(13,14)15/h2-5,10H,6-7H2,1H3,(H,16,17). The highest BCUT2D eigenvalue weighted by Gasteiger charge is 2.29. The molecule has 0 amide bonds. The van der Waals surface area contributed by atoms with Crippen molar-refractivity contribution in [2.45, 2.75) is 24.8 Å². The zero-order valence-electron chi connectivity index (χ0n) is 9.70. The molecule has 0 spiro atoms. The van der Waals surface area contributed by atoms with Gasteiger partial charge in [-0.25, -0.2) is 0 Å². The summed E-state index contributed by atoms with van der Waals surface area (Å²) >= 11 is -0.184. The highest BCUT2D eigenvalue weighted by atomic mass is 32.2. The molecular formula is C12H13F3O2S. The predicted molar refractivity (Wildman–Crippen MR) is 64.7 cm³/mol. The number of rotatable bonds is 5. The van der Waals surface area contributed by atoms with E-state index in [9.17, 15) is 18.0 Å². The van der Waals surface area contributed by atoms with E-state index in [2.05, 4.69) is 0 Å². The number of aliphatic carboxylic acids is 1. The first-order valence-corrected chi connectivity index (χ1v) is 6.29. The lowest BCUT2D eigenvalue weighted by molar-refractivity contribution is -0.138. The summed E-state index contributed by atoms with van der Waals surface area (Å²) in [6, 6.07) is 6.85. The third-order valence-corrected chi connectivity index (χ3v) is 3.30. The predicted octanol–water partition coefficient (Wildman–Crippen LogP) is 3.81. The zero-order chi connectivity index (χ0) is 13.8. The first-order chi connectivity index (χ1) is 8.31. The molecule has 0 aliphatic rings. The number of alkyl halides is 3. The van der Waals surface area contributed by atoms with Crippen molar-refractivity contribution >= 4 is 17.7 Å². The monoisotopic (exact) mass is 278 g/mol. The van der Waals surface area contributed by atoms with E-state index in [4.69, 9.17) is 5.11 Å². The molecule has 100 valence electrons. The summed E-state index contributed by atoms with van der Waals surface area (Å²) < 4.78 is 36.0. The van der Waals surface area contributed by atoms with Gasteiger partial charge >= 0.3 is 11.5 Å². The fraction of sp³-hybridized carbons (Fsp3) is 0.417. The minimum absolute atomic E-state index is 0.0373. The number of carboxylic acid groups (broad SMARTS) is 1. The van der Waals surface area contributed by atoms with E-state index in [0.717, 1.165) is 5.56 Å². The topological polar surface area (TPSA) is 37.3 Å². The molecule has 0 radical (unpaired) electrons. The molecule has 2 nitrogen and oxygen atoms in total. The van der Waals surface area contributed by atoms with E-state index in [1.54, 1.807) is 31.2 Å². The summed E-state index contributed by atoms with van der Waals surface area (Å²) in [4.78, 5) is 11.1. The maximum absolute atomic E-state index is 12.0. The van der Waals surface area contributed by atoms with Crippen LogP contribution in [0.3, 0.4) is 0 Å². The molecule has 0 saturated carbocycles. The van der Waals surface area contributed by atoms with Crippen LogP contribution in [0.5, 0.6) is 0 Å². The van der Waals surface area contributed by atoms with E-state index in [-0.39, 0.29) is 23.9 Å². The molecule has 0 aromatic heterocycles. The van der Waals surface area contributed by atoms with Gasteiger partial charge in [-0.05, 0) is 24.5 Å². The van der Waals surface area contributed by atoms with Crippen LogP contribution in [0.2, 0.25) is 0 Å². The Bertz CT molecular complexity index is 418. The first-order valence-electron chi connectivity index (χ1n) is 5.30. The normalized spacial score (nSPS) is 13.3. The Morgan fingerprint density at radius 2 is 2.00 bits per heavy atom. The molecule has 0 aliphatic heterocycles. The van der Waals surface area contributed by atoms with Gasteiger partial charge in [0.15, 0.2) is 0 Å². The van der Waals surface area contributed by atoms with E-state index in [0.29, 0.717) is 5.56 Å². The van der Waals surface area contributed by atoms with E-state index in [1.165, 1.54) is 0 Å². The van der Waals surface area contributed by atoms with E-state index in [1.807, 2.05) is 0 Å². The van der Waals surface area contributed by atoms with Crippen LogP contribution in [0, 0.1) is 6.92 Å². The number of halogens is 3. The summed E-state index contributed by atoms with van der Waals surface area (Å²) in [6.45, 7) is 1.75. The molecule has 1 aromatic rings. The van der Waals surface area contributed by atoms with Crippen LogP contribution >= 0.6 is 11.8 Å². The SMILES string of the molecule is Cc1ccccc1C(CCSC(F)(F)F)C(=O)O. The Hall–Kier alpha value is -1.17. The van der Waals surface area contributed by atoms with Gasteiger partial charge in [-0.15, -0.1) is 0 Å². The molecule has 0 bridgehead atoms. The van der Waals surface area contributed by atoms with Gasteiger partial charge in [-0.1, -0.05) is 36.0 Å². The lowest BCUT2D eigenvalue weighted by atomic mass is 9.93. The minimum Gasteiger partial charge on any atom is -0.481 e. The van der Waals surface area contributed by atoms with Crippen molar-refractivity contribution in [3.05, 3.63) is 35.4 Å². The molecule has 1 aromatic carbocycles. The van der Waals surface area contributed by atoms with E-state index >= 15 is 0 Å². The van der Waals surface area contributed by atoms with Gasteiger partial charge in [-0.3, -0.25) is 4.79 Å². The van der Waals surface area contributed by atoms with Gasteiger partial charge in [0.1, 0.15) is 0 Å². The number of carbonyl (C=O) groups is 1. The number of thioether (sulfide) groups is 1. The largest absolute Gasteiger partial charge is 0.481 e. The molecule has 1 N–H and O–H groups in total. The highest BCUT2D eigenvalue weighted by Crippen LogP contribution is 2.33. The van der Waals surface area contributed by atoms with Crippen molar-refractivity contribution in [1.82, 2.24) is 0 Å². The van der Waals surface area contributed by atoms with Gasteiger partial charge in [-0.2, -0.15) is 13.2 Å². The van der Waals surface area contributed by atoms with Crippen molar-refractivity contribution < 1.29 is 23.1 Å². The van der Waals surface area contributed by atoms with Crippen LogP contribution in [0.25, 0.3) is 0 Å². The van der Waals surface area contributed by atoms with E-state index < -0.39 is 17.4 Å². The lowest BCUT2D eigenvalue weighted by Crippen LogP contribution is -2.15. The Balaban J connectivity index is 2.73. The number of hydrogen-bond donors (Lipinski definition) is 1. The van der Waals surface area contributed by atoms with Crippen LogP contribution < -0.4 is 0 Å². The Morgan fingerprint density at radius 3 is 2.50 bits per heavy atom. The Labute approximate surface area is 107 Å². The van der Waals surface area contributed by atoms with Crippen molar-refractivity contribution in [2.24, 2.45) is 0 Å². The summed E-state index contributed by atoms with van der Waals surface area (Å²) in [6.07, 6.45) is -0.0373. The summed E-state index contributed by atoms with van der Waals surface area (Å²) in [7, 11) is 0. The van der Waals surface area contributed by atoms with Crippen LogP contribution in [-0.4, -0.2) is 22.3 Å². The first kappa shape index (κ1) is 14.9. The highest BCUT2D eigenvalue weighted by molar-refractivity contribution is 8.00. The number of carboxylic acids is 1. The van der Waals surface area contributed by atoms with Crippen molar-refractivity contribution in [3.63, 3.8) is 0 Å². The maximum atomic E-state index is 12.0. The Morgan fingerprint density at radius 1 is 1.39 bits per heavy atom. The molecule has 6 heteroatoms. The second-order valence-corrected chi connectivity index (χ2v) is 4.99. The third kappa shape index (κ3) is 4.60. The fourth-order valence-electron chi connectivity index (χ4n) is 1.68. The Kier molecular flexibility index (Phi) is 5.07. The van der Waals surface area contributed by atoms with Crippen LogP contribution in [0.15, 0.2) is 24.3 Å². The number of hydrogen-bond acceptors (Lipinski definition) is 2. The summed E-state index contributed by atoms with van der Waals surface area (Å²) in [5, 5.41) is 9.09. The quantitative estimate of drug-likeness (QED) is 0.890. The second-order valence-electron chi connectivity index (χ2n) is 3.83. The summed E-state index contributed by atoms with van der Waals surface area (Å²) in [5.41, 5.74) is -2.95. The van der Waals surface area contributed by atoms with Gasteiger partial charge in [0.2, 0.25) is 0 Å². The van der Waals surface area contributed by atoms with Crippen LogP contribution in [0.1, 0.15) is 23.5 Å². The fourth-order valence-corrected chi connectivity index (χ4v) is 2.27. The maximum Gasteiger partial charge on any atom is 0.441 e. The minimum atomic E-state index is -4.31. The van der Waals surface area contributed by atoms with Crippen LogP contribution in [-0.2, 0) is 4.79 Å². The average Bonchev–Trinajstić information content (AvgIpc) is 2.24. The average molecular weight is 278 g/mol. The second kappa shape index (κ2) is 6.13. The van der Waals surface area contributed by atoms with Gasteiger partial charge in [0.05, 0.1) is 5.92 Å². The molecule has 1 atom stereocenters. The van der Waals surface area contributed by atoms with Crippen molar-refractivity contribution in [3.8, 4) is 0 Å². The lowest BCUT2D eigenvalue weighted by Gasteiger charge is -2.15. The molecule has 1 unspecified atom stereocenters.